The van der Waals surface area contributed by atoms with Gasteiger partial charge < -0.3 is 4.74 Å². The summed E-state index contributed by atoms with van der Waals surface area (Å²) in [5, 5.41) is 9.16. The molecule has 2 aromatic carbocycles. The Balaban J connectivity index is 2.65. The fraction of sp³-hybridized carbons (Fsp3) is 0.0714. The van der Waals surface area contributed by atoms with Gasteiger partial charge in [-0.15, -0.1) is 0 Å². The Hall–Kier alpha value is -1.79. The Morgan fingerprint density at radius 2 is 1.88 bits per heavy atom. The van der Waals surface area contributed by atoms with Gasteiger partial charge in [0.05, 0.1) is 18.7 Å². The second kappa shape index (κ2) is 5.03. The maximum absolute atomic E-state index is 9.16. The molecule has 0 fully saturated rings. The topological polar surface area (TPSA) is 33.0 Å². The molecule has 0 radical (unpaired) electrons. The van der Waals surface area contributed by atoms with Crippen molar-refractivity contribution in [3.63, 3.8) is 0 Å². The second-order valence-corrected chi connectivity index (χ2v) is 4.42. The van der Waals surface area contributed by atoms with Gasteiger partial charge in [0, 0.05) is 15.6 Å². The molecule has 2 nitrogen and oxygen atoms in total. The van der Waals surface area contributed by atoms with Gasteiger partial charge in [-0.1, -0.05) is 40.2 Å². The van der Waals surface area contributed by atoms with Crippen LogP contribution in [0.15, 0.2) is 46.9 Å². The molecule has 0 unspecified atom stereocenters. The minimum absolute atomic E-state index is 0.629. The minimum Gasteiger partial charge on any atom is -0.496 e. The first-order chi connectivity index (χ1) is 8.26. The molecule has 0 heterocycles. The lowest BCUT2D eigenvalue weighted by Crippen LogP contribution is -1.90. The number of ether oxygens (including phenoxy) is 1. The summed E-state index contributed by atoms with van der Waals surface area (Å²) < 4.78 is 6.20. The summed E-state index contributed by atoms with van der Waals surface area (Å²) in [7, 11) is 1.63. The third-order valence-electron chi connectivity index (χ3n) is 2.50. The van der Waals surface area contributed by atoms with E-state index in [0.29, 0.717) is 5.56 Å². The normalized spacial score (nSPS) is 9.71. The van der Waals surface area contributed by atoms with Crippen molar-refractivity contribution in [1.82, 2.24) is 0 Å². The van der Waals surface area contributed by atoms with Crippen molar-refractivity contribution in [2.75, 3.05) is 7.11 Å². The molecule has 0 aromatic heterocycles. The van der Waals surface area contributed by atoms with Crippen LogP contribution in [0.25, 0.3) is 11.1 Å². The van der Waals surface area contributed by atoms with Gasteiger partial charge in [0.1, 0.15) is 5.75 Å². The SMILES string of the molecule is COc1ccccc1-c1ccc(Br)cc1C#N. The number of para-hydroxylation sites is 1. The van der Waals surface area contributed by atoms with E-state index in [0.717, 1.165) is 21.3 Å². The lowest BCUT2D eigenvalue weighted by atomic mass is 10.00. The van der Waals surface area contributed by atoms with Crippen LogP contribution >= 0.6 is 15.9 Å². The number of rotatable bonds is 2. The van der Waals surface area contributed by atoms with Crippen LogP contribution in [-0.4, -0.2) is 7.11 Å². The first-order valence-electron chi connectivity index (χ1n) is 5.09. The predicted octanol–water partition coefficient (Wildman–Crippen LogP) is 4.00. The van der Waals surface area contributed by atoms with E-state index < -0.39 is 0 Å². The molecule has 0 aliphatic rings. The van der Waals surface area contributed by atoms with Crippen LogP contribution in [0.1, 0.15) is 5.56 Å². The quantitative estimate of drug-likeness (QED) is 0.837. The maximum atomic E-state index is 9.16. The van der Waals surface area contributed by atoms with Crippen molar-refractivity contribution in [3.05, 3.63) is 52.5 Å². The van der Waals surface area contributed by atoms with Gasteiger partial charge in [0.15, 0.2) is 0 Å². The summed E-state index contributed by atoms with van der Waals surface area (Å²) in [5.41, 5.74) is 2.44. The molecule has 0 aliphatic heterocycles. The van der Waals surface area contributed by atoms with Crippen LogP contribution in [0.5, 0.6) is 5.75 Å². The highest BCUT2D eigenvalue weighted by Crippen LogP contribution is 2.33. The summed E-state index contributed by atoms with van der Waals surface area (Å²) in [6.45, 7) is 0. The highest BCUT2D eigenvalue weighted by Gasteiger charge is 2.09. The number of hydrogen-bond acceptors (Lipinski definition) is 2. The van der Waals surface area contributed by atoms with Crippen LogP contribution in [-0.2, 0) is 0 Å². The summed E-state index contributed by atoms with van der Waals surface area (Å²) in [4.78, 5) is 0. The van der Waals surface area contributed by atoms with Crippen LogP contribution in [0.2, 0.25) is 0 Å². The second-order valence-electron chi connectivity index (χ2n) is 3.50. The van der Waals surface area contributed by atoms with E-state index in [2.05, 4.69) is 22.0 Å². The third kappa shape index (κ3) is 2.32. The molecule has 0 N–H and O–H groups in total. The van der Waals surface area contributed by atoms with Crippen molar-refractivity contribution in [3.8, 4) is 22.9 Å². The number of benzene rings is 2. The van der Waals surface area contributed by atoms with Gasteiger partial charge in [-0.2, -0.15) is 5.26 Å². The number of methoxy groups -OCH3 is 1. The Kier molecular flexibility index (Phi) is 3.46. The van der Waals surface area contributed by atoms with Gasteiger partial charge in [0.25, 0.3) is 0 Å². The summed E-state index contributed by atoms with van der Waals surface area (Å²) in [5.74, 6) is 0.770. The molecule has 0 atom stereocenters. The molecule has 0 amide bonds. The lowest BCUT2D eigenvalue weighted by molar-refractivity contribution is 0.416. The molecule has 0 saturated carbocycles. The molecule has 0 saturated heterocycles. The standard InChI is InChI=1S/C14H10BrNO/c1-17-14-5-3-2-4-13(14)12-7-6-11(15)8-10(12)9-16/h2-8H,1H3. The Morgan fingerprint density at radius 3 is 2.59 bits per heavy atom. The Morgan fingerprint density at radius 1 is 1.12 bits per heavy atom. The highest BCUT2D eigenvalue weighted by molar-refractivity contribution is 9.10. The third-order valence-corrected chi connectivity index (χ3v) is 2.99. The van der Waals surface area contributed by atoms with E-state index in [1.165, 1.54) is 0 Å². The van der Waals surface area contributed by atoms with E-state index in [4.69, 9.17) is 10.00 Å². The van der Waals surface area contributed by atoms with Crippen LogP contribution in [0.3, 0.4) is 0 Å². The highest BCUT2D eigenvalue weighted by atomic mass is 79.9. The van der Waals surface area contributed by atoms with Crippen molar-refractivity contribution < 1.29 is 4.74 Å². The smallest absolute Gasteiger partial charge is 0.126 e. The first-order valence-corrected chi connectivity index (χ1v) is 5.88. The molecule has 17 heavy (non-hydrogen) atoms. The molecule has 0 aliphatic carbocycles. The molecule has 0 bridgehead atoms. The summed E-state index contributed by atoms with van der Waals surface area (Å²) in [6.07, 6.45) is 0. The summed E-state index contributed by atoms with van der Waals surface area (Å²) in [6, 6.07) is 15.5. The number of nitrogens with zero attached hydrogens (tertiary/aromatic N) is 1. The van der Waals surface area contributed by atoms with Crippen molar-refractivity contribution >= 4 is 15.9 Å². The molecule has 2 aromatic rings. The van der Waals surface area contributed by atoms with Gasteiger partial charge in [-0.3, -0.25) is 0 Å². The van der Waals surface area contributed by atoms with E-state index in [1.54, 1.807) is 7.11 Å². The molecule has 0 spiro atoms. The number of halogens is 1. The predicted molar refractivity (Wildman–Crippen MR) is 70.8 cm³/mol. The van der Waals surface area contributed by atoms with Gasteiger partial charge >= 0.3 is 0 Å². The van der Waals surface area contributed by atoms with Crippen molar-refractivity contribution in [1.29, 1.82) is 5.26 Å². The minimum atomic E-state index is 0.629. The average Bonchev–Trinajstić information content (AvgIpc) is 2.38. The van der Waals surface area contributed by atoms with Gasteiger partial charge in [-0.25, -0.2) is 0 Å². The fourth-order valence-electron chi connectivity index (χ4n) is 1.71. The first kappa shape index (κ1) is 11.7. The van der Waals surface area contributed by atoms with Crippen LogP contribution in [0, 0.1) is 11.3 Å². The zero-order chi connectivity index (χ0) is 12.3. The zero-order valence-corrected chi connectivity index (χ0v) is 10.9. The van der Waals surface area contributed by atoms with Crippen molar-refractivity contribution in [2.24, 2.45) is 0 Å². The van der Waals surface area contributed by atoms with Gasteiger partial charge in [-0.05, 0) is 18.2 Å². The molecule has 84 valence electrons. The number of hydrogen-bond donors (Lipinski definition) is 0. The lowest BCUT2D eigenvalue weighted by Gasteiger charge is -2.09. The monoisotopic (exact) mass is 287 g/mol. The van der Waals surface area contributed by atoms with E-state index in [9.17, 15) is 0 Å². The zero-order valence-electron chi connectivity index (χ0n) is 9.27. The molecule has 2 rings (SSSR count). The van der Waals surface area contributed by atoms with Gasteiger partial charge in [0.2, 0.25) is 0 Å². The fourth-order valence-corrected chi connectivity index (χ4v) is 2.07. The molecular formula is C14H10BrNO. The average molecular weight is 288 g/mol. The van der Waals surface area contributed by atoms with E-state index >= 15 is 0 Å². The van der Waals surface area contributed by atoms with Crippen LogP contribution in [0.4, 0.5) is 0 Å². The molecular weight excluding hydrogens is 278 g/mol. The summed E-state index contributed by atoms with van der Waals surface area (Å²) >= 11 is 3.36. The molecule has 3 heteroatoms. The Labute approximate surface area is 109 Å². The van der Waals surface area contributed by atoms with Crippen molar-refractivity contribution in [2.45, 2.75) is 0 Å². The number of nitriles is 1. The van der Waals surface area contributed by atoms with E-state index in [-0.39, 0.29) is 0 Å². The Bertz CT molecular complexity index is 587. The maximum Gasteiger partial charge on any atom is 0.126 e. The largest absolute Gasteiger partial charge is 0.496 e. The van der Waals surface area contributed by atoms with Crippen LogP contribution < -0.4 is 4.74 Å². The van der Waals surface area contributed by atoms with E-state index in [1.807, 2.05) is 42.5 Å².